The first kappa shape index (κ1) is 17.5. The number of benzene rings is 1. The van der Waals surface area contributed by atoms with Crippen LogP contribution in [0.3, 0.4) is 0 Å². The second kappa shape index (κ2) is 7.17. The van der Waals surface area contributed by atoms with Gasteiger partial charge in [0.05, 0.1) is 5.69 Å². The Balaban J connectivity index is 2.10. The Morgan fingerprint density at radius 1 is 1.04 bits per heavy atom. The molecular formula is C17H24N2O3S. The lowest BCUT2D eigenvalue weighted by atomic mass is 10.0. The maximum atomic E-state index is 12.3. The Hall–Kier alpha value is -1.82. The molecule has 0 aliphatic carbocycles. The quantitative estimate of drug-likeness (QED) is 0.777. The third-order valence-corrected chi connectivity index (χ3v) is 4.38. The van der Waals surface area contributed by atoms with Gasteiger partial charge in [-0.2, -0.15) is 8.42 Å². The molecule has 126 valence electrons. The summed E-state index contributed by atoms with van der Waals surface area (Å²) in [4.78, 5) is 4.11. The minimum atomic E-state index is -3.91. The molecule has 2 rings (SSSR count). The van der Waals surface area contributed by atoms with E-state index in [0.717, 1.165) is 28.1 Å². The van der Waals surface area contributed by atoms with Gasteiger partial charge in [0.1, 0.15) is 12.1 Å². The minimum absolute atomic E-state index is 0.302. The van der Waals surface area contributed by atoms with E-state index < -0.39 is 10.3 Å². The number of hydrogen-bond acceptors (Lipinski definition) is 4. The molecule has 0 saturated heterocycles. The van der Waals surface area contributed by atoms with Crippen LogP contribution in [0.1, 0.15) is 39.0 Å². The maximum absolute atomic E-state index is 12.3. The summed E-state index contributed by atoms with van der Waals surface area (Å²) in [6, 6.07) is 7.15. The van der Waals surface area contributed by atoms with Gasteiger partial charge in [-0.1, -0.05) is 39.8 Å². The van der Waals surface area contributed by atoms with Crippen molar-refractivity contribution in [2.75, 3.05) is 0 Å². The highest BCUT2D eigenvalue weighted by Gasteiger charge is 2.17. The van der Waals surface area contributed by atoms with Crippen LogP contribution < -0.4 is 4.18 Å². The van der Waals surface area contributed by atoms with E-state index in [1.54, 1.807) is 12.1 Å². The minimum Gasteiger partial charge on any atom is -0.366 e. The summed E-state index contributed by atoms with van der Waals surface area (Å²) < 4.78 is 30.7. The lowest BCUT2D eigenvalue weighted by molar-refractivity contribution is 0.475. The van der Waals surface area contributed by atoms with Gasteiger partial charge < -0.3 is 4.18 Å². The van der Waals surface area contributed by atoms with E-state index in [-0.39, 0.29) is 0 Å². The molecule has 0 aliphatic rings. The average Bonchev–Trinajstić information content (AvgIpc) is 2.88. The van der Waals surface area contributed by atoms with E-state index in [4.69, 9.17) is 4.18 Å². The van der Waals surface area contributed by atoms with Crippen LogP contribution in [0.2, 0.25) is 0 Å². The highest BCUT2D eigenvalue weighted by molar-refractivity contribution is 7.85. The predicted octanol–water partition coefficient (Wildman–Crippen LogP) is 3.45. The standard InChI is InChI=1S/C17H24N2O3S/c1-13(2)9-15-5-7-17(8-6-15)22-23(20,21)19-11-16(18-12-19)10-14(3)4/h5-8,11-14H,9-10H2,1-4H3. The van der Waals surface area contributed by atoms with Gasteiger partial charge in [-0.15, -0.1) is 0 Å². The van der Waals surface area contributed by atoms with E-state index in [0.29, 0.717) is 17.6 Å². The van der Waals surface area contributed by atoms with Crippen LogP contribution >= 0.6 is 0 Å². The van der Waals surface area contributed by atoms with Crippen molar-refractivity contribution in [3.63, 3.8) is 0 Å². The van der Waals surface area contributed by atoms with Gasteiger partial charge in [0.15, 0.2) is 0 Å². The lowest BCUT2D eigenvalue weighted by Gasteiger charge is -2.09. The fourth-order valence-electron chi connectivity index (χ4n) is 2.31. The molecule has 0 atom stereocenters. The van der Waals surface area contributed by atoms with Crippen molar-refractivity contribution in [2.45, 2.75) is 40.5 Å². The van der Waals surface area contributed by atoms with Crippen molar-refractivity contribution in [2.24, 2.45) is 11.8 Å². The molecule has 0 fully saturated rings. The fraction of sp³-hybridized carbons (Fsp3) is 0.471. The van der Waals surface area contributed by atoms with Crippen LogP contribution in [-0.4, -0.2) is 17.4 Å². The molecule has 6 heteroatoms. The van der Waals surface area contributed by atoms with E-state index >= 15 is 0 Å². The Labute approximate surface area is 138 Å². The normalized spacial score (nSPS) is 12.1. The molecule has 0 bridgehead atoms. The Bertz CT molecular complexity index is 731. The highest BCUT2D eigenvalue weighted by atomic mass is 32.2. The summed E-state index contributed by atoms with van der Waals surface area (Å²) in [7, 11) is -3.91. The molecule has 1 heterocycles. The predicted molar refractivity (Wildman–Crippen MR) is 90.7 cm³/mol. The molecule has 1 aromatic heterocycles. The van der Waals surface area contributed by atoms with E-state index in [1.807, 2.05) is 12.1 Å². The zero-order valence-corrected chi connectivity index (χ0v) is 14.9. The molecule has 2 aromatic rings. The first-order valence-electron chi connectivity index (χ1n) is 7.83. The van der Waals surface area contributed by atoms with Crippen LogP contribution in [0.25, 0.3) is 0 Å². The van der Waals surface area contributed by atoms with Gasteiger partial charge in [-0.25, -0.2) is 8.96 Å². The number of rotatable bonds is 7. The van der Waals surface area contributed by atoms with Crippen molar-refractivity contribution in [1.82, 2.24) is 8.96 Å². The van der Waals surface area contributed by atoms with Crippen molar-refractivity contribution in [1.29, 1.82) is 0 Å². The first-order valence-corrected chi connectivity index (χ1v) is 9.19. The summed E-state index contributed by atoms with van der Waals surface area (Å²) in [5.41, 5.74) is 1.89. The monoisotopic (exact) mass is 336 g/mol. The Morgan fingerprint density at radius 3 is 2.22 bits per heavy atom. The summed E-state index contributed by atoms with van der Waals surface area (Å²) in [5, 5.41) is 0. The third-order valence-electron chi connectivity index (χ3n) is 3.26. The average molecular weight is 336 g/mol. The number of hydrogen-bond donors (Lipinski definition) is 0. The van der Waals surface area contributed by atoms with Crippen molar-refractivity contribution < 1.29 is 12.6 Å². The fourth-order valence-corrected chi connectivity index (χ4v) is 3.16. The molecule has 0 N–H and O–H groups in total. The van der Waals surface area contributed by atoms with Gasteiger partial charge in [-0.05, 0) is 42.4 Å². The first-order chi connectivity index (χ1) is 10.8. The molecule has 0 saturated carbocycles. The topological polar surface area (TPSA) is 61.2 Å². The second-order valence-corrected chi connectivity index (χ2v) is 8.02. The zero-order valence-electron chi connectivity index (χ0n) is 14.1. The number of nitrogens with zero attached hydrogens (tertiary/aromatic N) is 2. The van der Waals surface area contributed by atoms with Crippen molar-refractivity contribution in [3.8, 4) is 5.75 Å². The van der Waals surface area contributed by atoms with Crippen molar-refractivity contribution in [3.05, 3.63) is 48.0 Å². The molecule has 5 nitrogen and oxygen atoms in total. The summed E-state index contributed by atoms with van der Waals surface area (Å²) in [5.74, 6) is 1.27. The lowest BCUT2D eigenvalue weighted by Crippen LogP contribution is -2.17. The van der Waals surface area contributed by atoms with Gasteiger partial charge in [0, 0.05) is 6.20 Å². The van der Waals surface area contributed by atoms with Crippen LogP contribution in [0.4, 0.5) is 0 Å². The van der Waals surface area contributed by atoms with E-state index in [9.17, 15) is 8.42 Å². The Morgan fingerprint density at radius 2 is 1.65 bits per heavy atom. The Kier molecular flexibility index (Phi) is 5.46. The van der Waals surface area contributed by atoms with Crippen molar-refractivity contribution >= 4 is 10.3 Å². The SMILES string of the molecule is CC(C)Cc1ccc(OS(=O)(=O)n2cnc(CC(C)C)c2)cc1. The summed E-state index contributed by atoms with van der Waals surface area (Å²) in [6.07, 6.45) is 4.46. The molecule has 23 heavy (non-hydrogen) atoms. The number of aromatic nitrogens is 2. The summed E-state index contributed by atoms with van der Waals surface area (Å²) >= 11 is 0. The van der Waals surface area contributed by atoms with Crippen LogP contribution in [0.5, 0.6) is 5.75 Å². The number of imidazole rings is 1. The molecule has 0 radical (unpaired) electrons. The van der Waals surface area contributed by atoms with Gasteiger partial charge in [0.2, 0.25) is 0 Å². The third kappa shape index (κ3) is 5.10. The molecule has 0 spiro atoms. The zero-order chi connectivity index (χ0) is 17.0. The van der Waals surface area contributed by atoms with Crippen LogP contribution in [0, 0.1) is 11.8 Å². The second-order valence-electron chi connectivity index (χ2n) is 6.58. The van der Waals surface area contributed by atoms with Crippen LogP contribution in [-0.2, 0) is 23.1 Å². The van der Waals surface area contributed by atoms with E-state index in [1.165, 1.54) is 12.5 Å². The van der Waals surface area contributed by atoms with Gasteiger partial charge >= 0.3 is 10.3 Å². The molecule has 0 aliphatic heterocycles. The molecule has 1 aromatic carbocycles. The molecule has 0 unspecified atom stereocenters. The van der Waals surface area contributed by atoms with Crippen LogP contribution in [0.15, 0.2) is 36.8 Å². The van der Waals surface area contributed by atoms with E-state index in [2.05, 4.69) is 32.7 Å². The van der Waals surface area contributed by atoms with Gasteiger partial charge in [-0.3, -0.25) is 0 Å². The maximum Gasteiger partial charge on any atom is 0.414 e. The molecule has 0 amide bonds. The smallest absolute Gasteiger partial charge is 0.366 e. The summed E-state index contributed by atoms with van der Waals surface area (Å²) in [6.45, 7) is 8.40. The highest BCUT2D eigenvalue weighted by Crippen LogP contribution is 2.18. The largest absolute Gasteiger partial charge is 0.414 e. The molecular weight excluding hydrogens is 312 g/mol. The van der Waals surface area contributed by atoms with Gasteiger partial charge in [0.25, 0.3) is 0 Å².